The molecular formula is C16H22N2O3. The molecule has 1 aliphatic heterocycles. The second-order valence-electron chi connectivity index (χ2n) is 5.53. The van der Waals surface area contributed by atoms with Gasteiger partial charge in [0.1, 0.15) is 0 Å². The molecule has 1 aromatic rings. The monoisotopic (exact) mass is 290 g/mol. The molecule has 21 heavy (non-hydrogen) atoms. The van der Waals surface area contributed by atoms with Gasteiger partial charge in [-0.3, -0.25) is 9.59 Å². The molecule has 2 rings (SSSR count). The first-order valence-electron chi connectivity index (χ1n) is 7.30. The number of nitrogens with zero attached hydrogens (tertiary/aromatic N) is 2. The van der Waals surface area contributed by atoms with Crippen molar-refractivity contribution in [2.24, 2.45) is 0 Å². The molecule has 0 bridgehead atoms. The predicted octanol–water partition coefficient (Wildman–Crippen LogP) is 0.973. The van der Waals surface area contributed by atoms with Crippen molar-refractivity contribution in [2.45, 2.75) is 25.9 Å². The molecule has 1 aromatic carbocycles. The molecule has 1 atom stereocenters. The smallest absolute Gasteiger partial charge is 0.242 e. The van der Waals surface area contributed by atoms with Gasteiger partial charge in [0, 0.05) is 7.05 Å². The number of hydrogen-bond acceptors (Lipinski definition) is 3. The first-order chi connectivity index (χ1) is 10.0. The van der Waals surface area contributed by atoms with Gasteiger partial charge < -0.3 is 14.9 Å². The van der Waals surface area contributed by atoms with Crippen LogP contribution in [0.3, 0.4) is 0 Å². The number of carbonyl (C=O) groups is 2. The first-order valence-corrected chi connectivity index (χ1v) is 7.30. The molecule has 1 N–H and O–H groups in total. The van der Waals surface area contributed by atoms with Gasteiger partial charge in [0.2, 0.25) is 11.8 Å². The van der Waals surface area contributed by atoms with Crippen molar-refractivity contribution in [1.29, 1.82) is 0 Å². The Hall–Kier alpha value is -1.88. The van der Waals surface area contributed by atoms with E-state index >= 15 is 0 Å². The second-order valence-corrected chi connectivity index (χ2v) is 5.53. The van der Waals surface area contributed by atoms with Crippen LogP contribution in [0.1, 0.15) is 30.6 Å². The normalized spacial score (nSPS) is 17.3. The van der Waals surface area contributed by atoms with E-state index in [0.717, 1.165) is 18.4 Å². The summed E-state index contributed by atoms with van der Waals surface area (Å²) < 4.78 is 0. The summed E-state index contributed by atoms with van der Waals surface area (Å²) in [5.41, 5.74) is 2.01. The number of hydrogen-bond donors (Lipinski definition) is 1. The molecule has 1 aliphatic rings. The van der Waals surface area contributed by atoms with Crippen LogP contribution in [-0.4, -0.2) is 53.4 Å². The third-order valence-electron chi connectivity index (χ3n) is 3.77. The molecule has 1 heterocycles. The maximum Gasteiger partial charge on any atom is 0.242 e. The number of β-amino-alcohol motifs (C(OH)–C–C–N with tert-alkyl or cyclic N) is 1. The molecule has 0 aromatic heterocycles. The molecule has 0 saturated carbocycles. The van der Waals surface area contributed by atoms with Gasteiger partial charge in [-0.1, -0.05) is 37.6 Å². The van der Waals surface area contributed by atoms with Crippen LogP contribution in [-0.2, 0) is 16.0 Å². The Labute approximate surface area is 125 Å². The van der Waals surface area contributed by atoms with Gasteiger partial charge in [0.15, 0.2) is 0 Å². The lowest BCUT2D eigenvalue weighted by Crippen LogP contribution is -2.53. The Morgan fingerprint density at radius 2 is 1.81 bits per heavy atom. The molecule has 0 spiro atoms. The lowest BCUT2D eigenvalue weighted by Gasteiger charge is -2.32. The summed E-state index contributed by atoms with van der Waals surface area (Å²) in [4.78, 5) is 26.3. The number of carbonyl (C=O) groups excluding carboxylic acids is 2. The van der Waals surface area contributed by atoms with Crippen molar-refractivity contribution >= 4 is 11.8 Å². The fourth-order valence-electron chi connectivity index (χ4n) is 2.44. The Morgan fingerprint density at radius 3 is 2.43 bits per heavy atom. The molecule has 2 amide bonds. The van der Waals surface area contributed by atoms with Crippen molar-refractivity contribution in [1.82, 2.24) is 9.80 Å². The van der Waals surface area contributed by atoms with E-state index in [-0.39, 0.29) is 31.4 Å². The number of likely N-dealkylation sites (N-methyl/N-ethyl adjacent to an activating group) is 1. The highest BCUT2D eigenvalue weighted by atomic mass is 16.3. The van der Waals surface area contributed by atoms with E-state index in [1.807, 2.05) is 24.3 Å². The van der Waals surface area contributed by atoms with Gasteiger partial charge in [0.25, 0.3) is 0 Å². The van der Waals surface area contributed by atoms with E-state index < -0.39 is 6.10 Å². The summed E-state index contributed by atoms with van der Waals surface area (Å²) in [5.74, 6) is -0.223. The number of aliphatic hydroxyl groups is 1. The zero-order valence-corrected chi connectivity index (χ0v) is 12.6. The Kier molecular flexibility index (Phi) is 4.96. The van der Waals surface area contributed by atoms with Crippen molar-refractivity contribution in [3.05, 3.63) is 35.4 Å². The Balaban J connectivity index is 1.98. The quantitative estimate of drug-likeness (QED) is 0.879. The summed E-state index contributed by atoms with van der Waals surface area (Å²) in [6.07, 6.45) is 1.34. The minimum absolute atomic E-state index is 0.0420. The van der Waals surface area contributed by atoms with E-state index in [0.29, 0.717) is 0 Å². The largest absolute Gasteiger partial charge is 0.387 e. The van der Waals surface area contributed by atoms with Crippen LogP contribution in [0.15, 0.2) is 24.3 Å². The average Bonchev–Trinajstić information content (AvgIpc) is 2.46. The highest BCUT2D eigenvalue weighted by Gasteiger charge is 2.28. The average molecular weight is 290 g/mol. The van der Waals surface area contributed by atoms with Crippen LogP contribution >= 0.6 is 0 Å². The number of benzene rings is 1. The summed E-state index contributed by atoms with van der Waals surface area (Å²) in [6.45, 7) is 2.41. The molecule has 1 saturated heterocycles. The summed E-state index contributed by atoms with van der Waals surface area (Å²) >= 11 is 0. The first kappa shape index (κ1) is 15.5. The van der Waals surface area contributed by atoms with Crippen LogP contribution in [0.25, 0.3) is 0 Å². The fourth-order valence-corrected chi connectivity index (χ4v) is 2.44. The molecule has 1 unspecified atom stereocenters. The molecule has 1 fully saturated rings. The fraction of sp³-hybridized carbons (Fsp3) is 0.500. The predicted molar refractivity (Wildman–Crippen MR) is 79.6 cm³/mol. The number of rotatable bonds is 5. The number of amides is 2. The van der Waals surface area contributed by atoms with Gasteiger partial charge in [-0.15, -0.1) is 0 Å². The van der Waals surface area contributed by atoms with E-state index in [1.165, 1.54) is 15.4 Å². The topological polar surface area (TPSA) is 60.9 Å². The van der Waals surface area contributed by atoms with Crippen molar-refractivity contribution in [3.63, 3.8) is 0 Å². The molecular weight excluding hydrogens is 268 g/mol. The Bertz CT molecular complexity index is 513. The van der Waals surface area contributed by atoms with Gasteiger partial charge in [-0.25, -0.2) is 0 Å². The highest BCUT2D eigenvalue weighted by Crippen LogP contribution is 2.17. The van der Waals surface area contributed by atoms with Crippen molar-refractivity contribution < 1.29 is 14.7 Å². The number of piperazine rings is 1. The van der Waals surface area contributed by atoms with E-state index in [9.17, 15) is 14.7 Å². The molecule has 0 aliphatic carbocycles. The lowest BCUT2D eigenvalue weighted by molar-refractivity contribution is -0.150. The van der Waals surface area contributed by atoms with Crippen LogP contribution in [0, 0.1) is 0 Å². The third-order valence-corrected chi connectivity index (χ3v) is 3.77. The number of aliphatic hydroxyl groups excluding tert-OH is 1. The van der Waals surface area contributed by atoms with Crippen LogP contribution in [0.4, 0.5) is 0 Å². The van der Waals surface area contributed by atoms with Gasteiger partial charge in [-0.05, 0) is 17.5 Å². The van der Waals surface area contributed by atoms with Gasteiger partial charge >= 0.3 is 0 Å². The zero-order valence-electron chi connectivity index (χ0n) is 12.6. The zero-order chi connectivity index (χ0) is 15.4. The summed E-state index contributed by atoms with van der Waals surface area (Å²) in [6, 6.07) is 7.77. The summed E-state index contributed by atoms with van der Waals surface area (Å²) in [7, 11) is 1.61. The lowest BCUT2D eigenvalue weighted by atomic mass is 10.0. The maximum atomic E-state index is 11.9. The molecule has 5 nitrogen and oxygen atoms in total. The van der Waals surface area contributed by atoms with Gasteiger partial charge in [-0.2, -0.15) is 0 Å². The van der Waals surface area contributed by atoms with Crippen LogP contribution < -0.4 is 0 Å². The minimum Gasteiger partial charge on any atom is -0.387 e. The number of aryl methyl sites for hydroxylation is 1. The Morgan fingerprint density at radius 1 is 1.14 bits per heavy atom. The SMILES string of the molecule is CCCc1ccc(C(O)CN2CC(=O)N(C)CC2=O)cc1. The third kappa shape index (κ3) is 3.82. The maximum absolute atomic E-state index is 11.9. The molecule has 5 heteroatoms. The molecule has 114 valence electrons. The minimum atomic E-state index is -0.763. The summed E-state index contributed by atoms with van der Waals surface area (Å²) in [5, 5.41) is 10.2. The van der Waals surface area contributed by atoms with Gasteiger partial charge in [0.05, 0.1) is 25.7 Å². The van der Waals surface area contributed by atoms with Crippen LogP contribution in [0.2, 0.25) is 0 Å². The van der Waals surface area contributed by atoms with Crippen LogP contribution in [0.5, 0.6) is 0 Å². The second kappa shape index (κ2) is 6.72. The van der Waals surface area contributed by atoms with E-state index in [1.54, 1.807) is 7.05 Å². The molecule has 0 radical (unpaired) electrons. The van der Waals surface area contributed by atoms with E-state index in [4.69, 9.17) is 0 Å². The van der Waals surface area contributed by atoms with Crippen molar-refractivity contribution in [2.75, 3.05) is 26.7 Å². The standard InChI is InChI=1S/C16H22N2O3/c1-3-4-12-5-7-13(8-6-12)14(19)9-18-11-15(20)17(2)10-16(18)21/h5-8,14,19H,3-4,9-11H2,1-2H3. The van der Waals surface area contributed by atoms with E-state index in [2.05, 4.69) is 6.92 Å². The van der Waals surface area contributed by atoms with Crippen molar-refractivity contribution in [3.8, 4) is 0 Å². The highest BCUT2D eigenvalue weighted by molar-refractivity contribution is 5.92.